The molecule has 476 valence electrons. The van der Waals surface area contributed by atoms with Crippen LogP contribution in [0.5, 0.6) is 0 Å². The number of fused-ring (bicyclic) bond motifs is 3. The molecule has 0 spiro atoms. The van der Waals surface area contributed by atoms with Crippen LogP contribution in [0, 0.1) is 17.8 Å². The van der Waals surface area contributed by atoms with Crippen LogP contribution in [0.3, 0.4) is 0 Å². The molecule has 0 saturated carbocycles. The van der Waals surface area contributed by atoms with Crippen molar-refractivity contribution in [3.63, 3.8) is 0 Å². The van der Waals surface area contributed by atoms with Crippen LogP contribution in [0.4, 0.5) is 4.79 Å². The summed E-state index contributed by atoms with van der Waals surface area (Å²) in [6, 6.07) is 13.1. The fourth-order valence-corrected chi connectivity index (χ4v) is 14.1. The maximum Gasteiger partial charge on any atom is 0.490 e. The molecule has 1 fully saturated rings. The normalized spacial score (nSPS) is 17.8. The third-order valence-corrected chi connectivity index (χ3v) is 19.3. The number of unbranched alkanes of at least 4 members (excludes halogenated alkanes) is 3. The Morgan fingerprint density at radius 3 is 1.99 bits per heavy atom. The summed E-state index contributed by atoms with van der Waals surface area (Å²) >= 11 is 0. The highest BCUT2D eigenvalue weighted by Gasteiger charge is 2.43. The quantitative estimate of drug-likeness (QED) is 0.0170. The predicted molar refractivity (Wildman–Crippen MR) is 306 cm³/mol. The van der Waals surface area contributed by atoms with E-state index in [0.717, 1.165) is 33.0 Å². The standard InChI is InChI=1S/C51H64N5O26P3S2/c57-39(17-3-1-2-4-18-44(61)53-38(25-47(64)65)40(58)23-31(49(67)68)24-46(62)63)37(54-51(70)78-28-36-34-14-7-5-12-32(34)33-13-6-8-15-35(33)36)16-10-21-86-87-22-19-43(60)52-20-9-11-30-27-56(50(69)55-48(30)66)45-26-41(59)42(80-45)29-79-84(74,75)82-85(76,77)81-83(71,72)73/h5-8,12-15,27,31,36-38,41-42,45,59H,1-4,10,16-26,28-29H2,(H,52,60)(H,53,61)(H,54,70)(H,62,63)(H,64,65)(H,67,68)(H,74,75)(H,76,77)(H,55,66,69)(H2,71,72,73). The van der Waals surface area contributed by atoms with Crippen molar-refractivity contribution in [2.45, 2.75) is 120 Å². The number of ketones is 2. The van der Waals surface area contributed by atoms with Crippen molar-refractivity contribution in [3.8, 4) is 23.0 Å². The number of alkyl carbamates (subject to hydrolysis) is 1. The Bertz CT molecular complexity index is 3280. The second kappa shape index (κ2) is 33.9. The number of amides is 3. The van der Waals surface area contributed by atoms with Crippen LogP contribution >= 0.6 is 45.1 Å². The molecule has 2 aromatic carbocycles. The zero-order valence-electron chi connectivity index (χ0n) is 46.0. The summed E-state index contributed by atoms with van der Waals surface area (Å²) in [6.45, 7) is -1.23. The molecule has 1 aliphatic heterocycles. The molecule has 8 unspecified atom stereocenters. The lowest BCUT2D eigenvalue weighted by Crippen LogP contribution is -2.43. The highest BCUT2D eigenvalue weighted by Crippen LogP contribution is 2.66. The Morgan fingerprint density at radius 2 is 1.36 bits per heavy atom. The first kappa shape index (κ1) is 71.4. The van der Waals surface area contributed by atoms with Gasteiger partial charge in [0.25, 0.3) is 5.56 Å². The van der Waals surface area contributed by atoms with Gasteiger partial charge in [0.05, 0.1) is 50.1 Å². The van der Waals surface area contributed by atoms with E-state index in [1.165, 1.54) is 21.6 Å². The van der Waals surface area contributed by atoms with Crippen molar-refractivity contribution in [2.24, 2.45) is 5.92 Å². The van der Waals surface area contributed by atoms with Gasteiger partial charge in [0.1, 0.15) is 24.5 Å². The molecule has 2 aliphatic rings. The number of benzene rings is 2. The molecule has 5 rings (SSSR count). The molecule has 8 atom stereocenters. The van der Waals surface area contributed by atoms with E-state index in [0.29, 0.717) is 37.2 Å². The summed E-state index contributed by atoms with van der Waals surface area (Å²) in [6.07, 6.45) is -4.68. The Hall–Kier alpha value is -6.33. The van der Waals surface area contributed by atoms with Crippen molar-refractivity contribution >= 4 is 92.4 Å². The third-order valence-electron chi connectivity index (χ3n) is 13.0. The summed E-state index contributed by atoms with van der Waals surface area (Å²) in [5, 5.41) is 45.7. The number of rotatable bonds is 37. The number of carboxylic acid groups (broad SMARTS) is 3. The fraction of sp³-hybridized carbons (Fsp3) is 0.490. The maximum atomic E-state index is 13.7. The first-order valence-corrected chi connectivity index (χ1v) is 33.6. The minimum atomic E-state index is -5.82. The number of carboxylic acids is 3. The van der Waals surface area contributed by atoms with Crippen LogP contribution in [0.25, 0.3) is 11.1 Å². The number of hydrogen-bond acceptors (Lipinski definition) is 21. The summed E-state index contributed by atoms with van der Waals surface area (Å²) in [4.78, 5) is 163. The maximum absolute atomic E-state index is 13.7. The van der Waals surface area contributed by atoms with Gasteiger partial charge in [0.15, 0.2) is 11.6 Å². The van der Waals surface area contributed by atoms with Crippen molar-refractivity contribution in [3.05, 3.63) is 92.3 Å². The summed E-state index contributed by atoms with van der Waals surface area (Å²) in [5.41, 5.74) is 1.86. The van der Waals surface area contributed by atoms with E-state index < -0.39 is 139 Å². The SMILES string of the molecule is O=C(O)CC(CC(=O)C(CC(=O)O)NC(=O)CCCCCCC(=O)C(CCCSSCCC(=O)NCC#Cc1cn(C2CC(O)C(COP(=O)(O)OP(=O)(O)OP(=O)(O)O)O2)c(=O)[nH]c1=O)NC(=O)OCC1c2ccccc2-c2ccccc21)C(=O)O. The highest BCUT2D eigenvalue weighted by molar-refractivity contribution is 8.76. The van der Waals surface area contributed by atoms with Gasteiger partial charge in [-0.3, -0.25) is 52.4 Å². The number of phosphoric acid groups is 3. The van der Waals surface area contributed by atoms with Crippen LogP contribution in [0.1, 0.15) is 112 Å². The number of phosphoric ester groups is 1. The number of hydrogen-bond donors (Lipinski definition) is 12. The largest absolute Gasteiger partial charge is 0.490 e. The van der Waals surface area contributed by atoms with E-state index >= 15 is 0 Å². The lowest BCUT2D eigenvalue weighted by atomic mass is 9.94. The number of Topliss-reactive ketones (excluding diaryl/α,β-unsaturated/α-hetero) is 2. The summed E-state index contributed by atoms with van der Waals surface area (Å²) in [7, 11) is -14.2. The van der Waals surface area contributed by atoms with Gasteiger partial charge in [0.2, 0.25) is 11.8 Å². The van der Waals surface area contributed by atoms with Gasteiger partial charge in [-0.2, -0.15) is 8.62 Å². The average Bonchev–Trinajstić information content (AvgIpc) is 3.72. The number of aromatic nitrogens is 2. The summed E-state index contributed by atoms with van der Waals surface area (Å²) < 4.78 is 58.4. The monoisotopic (exact) mass is 1320 g/mol. The smallest absolute Gasteiger partial charge is 0.481 e. The first-order valence-electron chi connectivity index (χ1n) is 26.6. The van der Waals surface area contributed by atoms with E-state index in [1.54, 1.807) is 0 Å². The third kappa shape index (κ3) is 24.3. The van der Waals surface area contributed by atoms with E-state index in [-0.39, 0.29) is 68.9 Å². The number of H-pyrrole nitrogens is 1. The van der Waals surface area contributed by atoms with Crippen LogP contribution in [0.15, 0.2) is 64.3 Å². The molecule has 1 aromatic heterocycles. The van der Waals surface area contributed by atoms with Gasteiger partial charge < -0.3 is 65.4 Å². The van der Waals surface area contributed by atoms with Gasteiger partial charge in [0, 0.05) is 55.7 Å². The van der Waals surface area contributed by atoms with Crippen molar-refractivity contribution < 1.29 is 115 Å². The van der Waals surface area contributed by atoms with Gasteiger partial charge in [-0.25, -0.2) is 23.3 Å². The molecule has 0 bridgehead atoms. The van der Waals surface area contributed by atoms with E-state index in [9.17, 15) is 86.7 Å². The van der Waals surface area contributed by atoms with Gasteiger partial charge in [-0.15, -0.1) is 0 Å². The molecule has 1 aliphatic carbocycles. The van der Waals surface area contributed by atoms with Gasteiger partial charge >= 0.3 is 53.2 Å². The van der Waals surface area contributed by atoms with Crippen LogP contribution in [-0.2, 0) is 69.9 Å². The molecule has 36 heteroatoms. The Balaban J connectivity index is 1.06. The number of aliphatic hydroxyl groups excluding tert-OH is 1. The molecule has 12 N–H and O–H groups in total. The number of carbonyl (C=O) groups excluding carboxylic acids is 5. The minimum absolute atomic E-state index is 0.00813. The highest BCUT2D eigenvalue weighted by atomic mass is 33.1. The van der Waals surface area contributed by atoms with Crippen LogP contribution in [0.2, 0.25) is 0 Å². The second-order valence-electron chi connectivity index (χ2n) is 19.6. The Labute approximate surface area is 502 Å². The van der Waals surface area contributed by atoms with E-state index in [1.807, 2.05) is 53.5 Å². The molecule has 3 amide bonds. The molecule has 31 nitrogen and oxygen atoms in total. The number of aliphatic hydroxyl groups is 1. The number of nitrogens with zero attached hydrogens (tertiary/aromatic N) is 1. The molecule has 87 heavy (non-hydrogen) atoms. The molecular formula is C51H64N5O26P3S2. The molecule has 0 radical (unpaired) electrons. The van der Waals surface area contributed by atoms with Crippen LogP contribution in [-0.4, -0.2) is 152 Å². The van der Waals surface area contributed by atoms with Crippen molar-refractivity contribution in [1.29, 1.82) is 0 Å². The lowest BCUT2D eigenvalue weighted by Gasteiger charge is -2.19. The topological polar surface area (TPSA) is 487 Å². The second-order valence-corrected chi connectivity index (χ2v) is 26.7. The molecule has 2 heterocycles. The Morgan fingerprint density at radius 1 is 0.724 bits per heavy atom. The van der Waals surface area contributed by atoms with Gasteiger partial charge in [-0.05, 0) is 47.9 Å². The number of aromatic amines is 1. The molecular weight excluding hydrogens is 1260 g/mol. The zero-order chi connectivity index (χ0) is 64.1. The number of ether oxygens (including phenoxy) is 2. The van der Waals surface area contributed by atoms with E-state index in [2.05, 4.69) is 40.9 Å². The van der Waals surface area contributed by atoms with Crippen molar-refractivity contribution in [1.82, 2.24) is 25.5 Å². The molecule has 1 saturated heterocycles. The minimum Gasteiger partial charge on any atom is -0.481 e. The number of nitrogens with one attached hydrogen (secondary N) is 4. The van der Waals surface area contributed by atoms with Gasteiger partial charge in [-0.1, -0.05) is 94.8 Å². The van der Waals surface area contributed by atoms with Crippen molar-refractivity contribution in [2.75, 3.05) is 31.3 Å². The summed E-state index contributed by atoms with van der Waals surface area (Å²) in [5.74, 6) is -2.65. The first-order chi connectivity index (χ1) is 41.0. The van der Waals surface area contributed by atoms with E-state index in [4.69, 9.17) is 24.4 Å². The zero-order valence-corrected chi connectivity index (χ0v) is 50.3. The average molecular weight is 1320 g/mol. The number of aliphatic carboxylic acids is 3. The van der Waals surface area contributed by atoms with Crippen LogP contribution < -0.4 is 27.2 Å². The number of carbonyl (C=O) groups is 8. The predicted octanol–water partition coefficient (Wildman–Crippen LogP) is 3.46. The lowest BCUT2D eigenvalue weighted by molar-refractivity contribution is -0.150. The fourth-order valence-electron chi connectivity index (χ4n) is 9.00. The Kier molecular flexibility index (Phi) is 27.8. The molecule has 3 aromatic rings.